The van der Waals surface area contributed by atoms with Crippen LogP contribution in [0.1, 0.15) is 25.3 Å². The van der Waals surface area contributed by atoms with Crippen molar-refractivity contribution in [3.8, 4) is 0 Å². The van der Waals surface area contributed by atoms with Crippen molar-refractivity contribution in [3.63, 3.8) is 0 Å². The van der Waals surface area contributed by atoms with Crippen LogP contribution in [-0.2, 0) is 16.1 Å². The van der Waals surface area contributed by atoms with E-state index in [1.165, 1.54) is 0 Å². The van der Waals surface area contributed by atoms with E-state index in [0.717, 1.165) is 38.2 Å². The molecule has 0 unspecified atom stereocenters. The summed E-state index contributed by atoms with van der Waals surface area (Å²) in [5.74, 6) is 0.150. The number of benzene rings is 1. The predicted octanol–water partition coefficient (Wildman–Crippen LogP) is 1.25. The summed E-state index contributed by atoms with van der Waals surface area (Å²) in [4.78, 5) is 27.7. The molecule has 0 radical (unpaired) electrons. The monoisotopic (exact) mass is 303 g/mol. The molecule has 1 fully saturated rings. The first-order chi connectivity index (χ1) is 10.7. The summed E-state index contributed by atoms with van der Waals surface area (Å²) in [6.45, 7) is 5.99. The van der Waals surface area contributed by atoms with Gasteiger partial charge in [0.25, 0.3) is 0 Å². The van der Waals surface area contributed by atoms with Crippen molar-refractivity contribution in [2.75, 3.05) is 32.7 Å². The Bertz CT molecular complexity index is 482. The molecule has 5 nitrogen and oxygen atoms in total. The van der Waals surface area contributed by atoms with Gasteiger partial charge in [0.15, 0.2) is 0 Å². The van der Waals surface area contributed by atoms with Gasteiger partial charge >= 0.3 is 0 Å². The van der Waals surface area contributed by atoms with Crippen molar-refractivity contribution in [2.45, 2.75) is 26.3 Å². The second-order valence-corrected chi connectivity index (χ2v) is 5.66. The van der Waals surface area contributed by atoms with Gasteiger partial charge in [-0.25, -0.2) is 0 Å². The molecule has 0 aromatic heterocycles. The van der Waals surface area contributed by atoms with E-state index >= 15 is 0 Å². The molecule has 1 aliphatic heterocycles. The summed E-state index contributed by atoms with van der Waals surface area (Å²) in [5, 5.41) is 3.29. The Hall–Kier alpha value is -1.88. The fraction of sp³-hybridized carbons (Fsp3) is 0.529. The maximum absolute atomic E-state index is 12.3. The van der Waals surface area contributed by atoms with E-state index in [9.17, 15) is 9.59 Å². The largest absolute Gasteiger partial charge is 0.341 e. The quantitative estimate of drug-likeness (QED) is 0.890. The van der Waals surface area contributed by atoms with E-state index in [1.54, 1.807) is 11.8 Å². The van der Waals surface area contributed by atoms with Crippen molar-refractivity contribution in [2.24, 2.45) is 0 Å². The third-order valence-electron chi connectivity index (χ3n) is 3.95. The molecule has 0 spiro atoms. The first-order valence-corrected chi connectivity index (χ1v) is 7.95. The molecule has 120 valence electrons. The normalized spacial score (nSPS) is 15.2. The van der Waals surface area contributed by atoms with Gasteiger partial charge in [-0.2, -0.15) is 0 Å². The zero-order valence-electron chi connectivity index (χ0n) is 13.3. The van der Waals surface area contributed by atoms with Crippen LogP contribution in [0.3, 0.4) is 0 Å². The number of nitrogens with one attached hydrogen (secondary N) is 1. The van der Waals surface area contributed by atoms with Gasteiger partial charge in [-0.1, -0.05) is 30.3 Å². The average Bonchev–Trinajstić information content (AvgIpc) is 2.81. The van der Waals surface area contributed by atoms with Crippen LogP contribution in [0.2, 0.25) is 0 Å². The summed E-state index contributed by atoms with van der Waals surface area (Å²) in [5.41, 5.74) is 1.09. The summed E-state index contributed by atoms with van der Waals surface area (Å²) in [7, 11) is 0. The van der Waals surface area contributed by atoms with Crippen molar-refractivity contribution in [1.29, 1.82) is 0 Å². The minimum atomic E-state index is 0.00851. The molecule has 1 aromatic carbocycles. The number of amides is 2. The summed E-state index contributed by atoms with van der Waals surface area (Å²) < 4.78 is 0. The molecule has 22 heavy (non-hydrogen) atoms. The highest BCUT2D eigenvalue weighted by molar-refractivity contribution is 5.78. The van der Waals surface area contributed by atoms with Crippen LogP contribution in [-0.4, -0.2) is 54.3 Å². The minimum Gasteiger partial charge on any atom is -0.341 e. The third-order valence-corrected chi connectivity index (χ3v) is 3.95. The van der Waals surface area contributed by atoms with Crippen LogP contribution in [0.4, 0.5) is 0 Å². The van der Waals surface area contributed by atoms with Gasteiger partial charge < -0.3 is 15.1 Å². The molecular formula is C17H25N3O2. The number of nitrogens with zero attached hydrogens (tertiary/aromatic N) is 2. The summed E-state index contributed by atoms with van der Waals surface area (Å²) in [6, 6.07) is 9.88. The molecule has 1 heterocycles. The highest BCUT2D eigenvalue weighted by Crippen LogP contribution is 2.07. The zero-order chi connectivity index (χ0) is 15.8. The van der Waals surface area contributed by atoms with Crippen LogP contribution < -0.4 is 5.32 Å². The second kappa shape index (κ2) is 8.54. The standard InChI is InChI=1S/C17H25N3O2/c1-15(21)20(14-16-6-3-2-4-7-16)12-8-17(22)19-11-5-9-18-10-13-19/h2-4,6-7,18H,5,8-14H2,1H3. The maximum Gasteiger partial charge on any atom is 0.224 e. The summed E-state index contributed by atoms with van der Waals surface area (Å²) >= 11 is 0. The predicted molar refractivity (Wildman–Crippen MR) is 86.2 cm³/mol. The maximum atomic E-state index is 12.3. The van der Waals surface area contributed by atoms with Crippen LogP contribution in [0.15, 0.2) is 30.3 Å². The molecule has 1 saturated heterocycles. The molecule has 0 atom stereocenters. The van der Waals surface area contributed by atoms with E-state index in [0.29, 0.717) is 19.5 Å². The van der Waals surface area contributed by atoms with E-state index in [4.69, 9.17) is 0 Å². The smallest absolute Gasteiger partial charge is 0.224 e. The van der Waals surface area contributed by atoms with Gasteiger partial charge in [0.2, 0.25) is 11.8 Å². The fourth-order valence-corrected chi connectivity index (χ4v) is 2.64. The van der Waals surface area contributed by atoms with Crippen LogP contribution in [0, 0.1) is 0 Å². The van der Waals surface area contributed by atoms with Gasteiger partial charge in [-0.05, 0) is 18.5 Å². The van der Waals surface area contributed by atoms with E-state index in [-0.39, 0.29) is 11.8 Å². The van der Waals surface area contributed by atoms with Gasteiger partial charge in [-0.3, -0.25) is 9.59 Å². The number of hydrogen-bond acceptors (Lipinski definition) is 3. The Morgan fingerprint density at radius 2 is 1.95 bits per heavy atom. The minimum absolute atomic E-state index is 0.00851. The SMILES string of the molecule is CC(=O)N(CCC(=O)N1CCCNCC1)Cc1ccccc1. The molecular weight excluding hydrogens is 278 g/mol. The van der Waals surface area contributed by atoms with Gasteiger partial charge in [0.05, 0.1) is 0 Å². The zero-order valence-corrected chi connectivity index (χ0v) is 13.3. The number of carbonyl (C=O) groups is 2. The van der Waals surface area contributed by atoms with Crippen molar-refractivity contribution >= 4 is 11.8 Å². The lowest BCUT2D eigenvalue weighted by molar-refractivity contribution is -0.133. The molecule has 5 heteroatoms. The molecule has 0 saturated carbocycles. The average molecular weight is 303 g/mol. The molecule has 0 bridgehead atoms. The lowest BCUT2D eigenvalue weighted by Gasteiger charge is -2.24. The van der Waals surface area contributed by atoms with Crippen molar-refractivity contribution < 1.29 is 9.59 Å². The number of rotatable bonds is 5. The Morgan fingerprint density at radius 1 is 1.18 bits per heavy atom. The second-order valence-electron chi connectivity index (χ2n) is 5.66. The molecule has 2 amide bonds. The Labute approximate surface area is 132 Å². The fourth-order valence-electron chi connectivity index (χ4n) is 2.64. The Balaban J connectivity index is 1.85. The highest BCUT2D eigenvalue weighted by atomic mass is 16.2. The first-order valence-electron chi connectivity index (χ1n) is 7.95. The number of carbonyl (C=O) groups excluding carboxylic acids is 2. The van der Waals surface area contributed by atoms with E-state index < -0.39 is 0 Å². The molecule has 2 rings (SSSR count). The molecule has 1 aromatic rings. The van der Waals surface area contributed by atoms with Crippen molar-refractivity contribution in [1.82, 2.24) is 15.1 Å². The molecule has 1 N–H and O–H groups in total. The topological polar surface area (TPSA) is 52.7 Å². The first kappa shape index (κ1) is 16.5. The molecule has 0 aliphatic carbocycles. The van der Waals surface area contributed by atoms with Gasteiger partial charge in [0.1, 0.15) is 0 Å². The van der Waals surface area contributed by atoms with E-state index in [2.05, 4.69) is 5.32 Å². The van der Waals surface area contributed by atoms with Gasteiger partial charge in [0, 0.05) is 46.1 Å². The summed E-state index contributed by atoms with van der Waals surface area (Å²) in [6.07, 6.45) is 1.39. The van der Waals surface area contributed by atoms with Crippen LogP contribution in [0.25, 0.3) is 0 Å². The lowest BCUT2D eigenvalue weighted by Crippen LogP contribution is -2.37. The third kappa shape index (κ3) is 5.15. The van der Waals surface area contributed by atoms with Gasteiger partial charge in [-0.15, -0.1) is 0 Å². The van der Waals surface area contributed by atoms with Crippen molar-refractivity contribution in [3.05, 3.63) is 35.9 Å². The highest BCUT2D eigenvalue weighted by Gasteiger charge is 2.17. The van der Waals surface area contributed by atoms with Crippen LogP contribution in [0.5, 0.6) is 0 Å². The lowest BCUT2D eigenvalue weighted by atomic mass is 10.2. The molecule has 1 aliphatic rings. The Morgan fingerprint density at radius 3 is 2.68 bits per heavy atom. The van der Waals surface area contributed by atoms with E-state index in [1.807, 2.05) is 35.2 Å². The Kier molecular flexibility index (Phi) is 6.40. The van der Waals surface area contributed by atoms with Crippen LogP contribution >= 0.6 is 0 Å². The number of hydrogen-bond donors (Lipinski definition) is 1.